The molecule has 202 valence electrons. The molecule has 0 saturated carbocycles. The van der Waals surface area contributed by atoms with E-state index in [2.05, 4.69) is 15.3 Å². The SMILES string of the molecule is NC(=O)CN1CCC(CNc2ncnc(N3CCOC[C@@H]3c3ccc(C(F)(F)F)cc3F)c2F)C(O)C1. The predicted octanol–water partition coefficient (Wildman–Crippen LogP) is 1.93. The van der Waals surface area contributed by atoms with Crippen LogP contribution < -0.4 is 16.0 Å². The number of anilines is 2. The van der Waals surface area contributed by atoms with E-state index in [1.54, 1.807) is 4.90 Å². The van der Waals surface area contributed by atoms with Crippen LogP contribution in [0.4, 0.5) is 33.6 Å². The molecule has 0 bridgehead atoms. The van der Waals surface area contributed by atoms with E-state index in [-0.39, 0.29) is 62.5 Å². The lowest BCUT2D eigenvalue weighted by atomic mass is 9.93. The number of nitrogens with one attached hydrogen (secondary N) is 1. The highest BCUT2D eigenvalue weighted by Gasteiger charge is 2.35. The topological polar surface area (TPSA) is 117 Å². The molecule has 4 rings (SSSR count). The van der Waals surface area contributed by atoms with Crippen LogP contribution in [0.15, 0.2) is 24.5 Å². The molecule has 4 N–H and O–H groups in total. The number of halogens is 5. The summed E-state index contributed by atoms with van der Waals surface area (Å²) in [5.41, 5.74) is 4.00. The molecule has 1 aromatic carbocycles. The van der Waals surface area contributed by atoms with Gasteiger partial charge in [-0.3, -0.25) is 9.69 Å². The zero-order valence-corrected chi connectivity index (χ0v) is 19.7. The Morgan fingerprint density at radius 3 is 2.70 bits per heavy atom. The number of carbonyl (C=O) groups excluding carboxylic acids is 1. The van der Waals surface area contributed by atoms with Crippen LogP contribution in [0.2, 0.25) is 0 Å². The molecule has 3 atom stereocenters. The fourth-order valence-electron chi connectivity index (χ4n) is 4.65. The number of amides is 1. The van der Waals surface area contributed by atoms with Crippen LogP contribution in [0.5, 0.6) is 0 Å². The second kappa shape index (κ2) is 11.1. The van der Waals surface area contributed by atoms with E-state index in [0.29, 0.717) is 19.0 Å². The minimum atomic E-state index is -4.70. The maximum atomic E-state index is 15.5. The van der Waals surface area contributed by atoms with Crippen molar-refractivity contribution >= 4 is 17.5 Å². The number of aliphatic hydroxyl groups excluding tert-OH is 1. The van der Waals surface area contributed by atoms with Gasteiger partial charge >= 0.3 is 6.18 Å². The first kappa shape index (κ1) is 26.9. The molecule has 2 unspecified atom stereocenters. The number of primary amides is 1. The molecule has 0 radical (unpaired) electrons. The molecular formula is C23H27F5N6O3. The molecule has 2 aliphatic rings. The van der Waals surface area contributed by atoms with E-state index >= 15 is 4.39 Å². The molecule has 2 aromatic rings. The van der Waals surface area contributed by atoms with E-state index in [1.807, 2.05) is 0 Å². The zero-order valence-electron chi connectivity index (χ0n) is 19.7. The van der Waals surface area contributed by atoms with Gasteiger partial charge in [0.25, 0.3) is 0 Å². The Labute approximate surface area is 209 Å². The van der Waals surface area contributed by atoms with Crippen molar-refractivity contribution < 1.29 is 36.6 Å². The number of nitrogens with two attached hydrogens (primary N) is 1. The number of hydrogen-bond donors (Lipinski definition) is 3. The Bertz CT molecular complexity index is 1120. The lowest BCUT2D eigenvalue weighted by Gasteiger charge is -2.37. The minimum absolute atomic E-state index is 0.0430. The van der Waals surface area contributed by atoms with Crippen molar-refractivity contribution in [1.82, 2.24) is 14.9 Å². The predicted molar refractivity (Wildman–Crippen MR) is 123 cm³/mol. The Hall–Kier alpha value is -3.10. The average molecular weight is 530 g/mol. The van der Waals surface area contributed by atoms with Crippen molar-refractivity contribution in [3.63, 3.8) is 0 Å². The smallest absolute Gasteiger partial charge is 0.391 e. The molecule has 1 amide bonds. The van der Waals surface area contributed by atoms with Gasteiger partial charge in [0, 0.05) is 31.1 Å². The molecule has 2 aliphatic heterocycles. The number of nitrogens with zero attached hydrogens (tertiary/aromatic N) is 4. The number of piperidine rings is 1. The summed E-state index contributed by atoms with van der Waals surface area (Å²) in [6.07, 6.45) is -3.80. The van der Waals surface area contributed by atoms with Crippen molar-refractivity contribution in [3.05, 3.63) is 47.3 Å². The molecule has 14 heteroatoms. The van der Waals surface area contributed by atoms with Gasteiger partial charge in [-0.1, -0.05) is 6.07 Å². The lowest BCUT2D eigenvalue weighted by Crippen LogP contribution is -2.48. The van der Waals surface area contributed by atoms with E-state index in [9.17, 15) is 27.5 Å². The number of hydrogen-bond acceptors (Lipinski definition) is 8. The zero-order chi connectivity index (χ0) is 26.7. The van der Waals surface area contributed by atoms with Crippen molar-refractivity contribution in [2.45, 2.75) is 24.7 Å². The first-order valence-electron chi connectivity index (χ1n) is 11.7. The van der Waals surface area contributed by atoms with Crippen LogP contribution >= 0.6 is 0 Å². The highest BCUT2D eigenvalue weighted by Crippen LogP contribution is 2.36. The number of benzene rings is 1. The number of likely N-dealkylation sites (tertiary alicyclic amines) is 1. The summed E-state index contributed by atoms with van der Waals surface area (Å²) < 4.78 is 74.5. The maximum Gasteiger partial charge on any atom is 0.416 e. The monoisotopic (exact) mass is 530 g/mol. The highest BCUT2D eigenvalue weighted by atomic mass is 19.4. The third kappa shape index (κ3) is 6.25. The molecule has 0 aliphatic carbocycles. The molecule has 3 heterocycles. The van der Waals surface area contributed by atoms with Gasteiger partial charge in [-0.05, 0) is 25.1 Å². The average Bonchev–Trinajstić information content (AvgIpc) is 2.83. The molecular weight excluding hydrogens is 503 g/mol. The van der Waals surface area contributed by atoms with E-state index in [0.717, 1.165) is 18.5 Å². The second-order valence-electron chi connectivity index (χ2n) is 9.08. The summed E-state index contributed by atoms with van der Waals surface area (Å²) in [6.45, 7) is 1.25. The largest absolute Gasteiger partial charge is 0.416 e. The van der Waals surface area contributed by atoms with Gasteiger partial charge in [-0.2, -0.15) is 17.6 Å². The number of β-amino-alcohol motifs (C(OH)–C–C–N with tert-alkyl or cyclic N) is 1. The van der Waals surface area contributed by atoms with Crippen molar-refractivity contribution in [1.29, 1.82) is 0 Å². The quantitative estimate of drug-likeness (QED) is 0.465. The molecule has 0 spiro atoms. The van der Waals surface area contributed by atoms with E-state index in [4.69, 9.17) is 10.5 Å². The molecule has 9 nitrogen and oxygen atoms in total. The van der Waals surface area contributed by atoms with Gasteiger partial charge in [0.2, 0.25) is 11.7 Å². The highest BCUT2D eigenvalue weighted by molar-refractivity contribution is 5.75. The molecule has 2 saturated heterocycles. The van der Waals surface area contributed by atoms with Crippen LogP contribution in [0.1, 0.15) is 23.6 Å². The normalized spacial score (nSPS) is 23.2. The van der Waals surface area contributed by atoms with Crippen molar-refractivity contribution in [3.8, 4) is 0 Å². The number of morpholine rings is 1. The molecule has 1 aromatic heterocycles. The summed E-state index contributed by atoms with van der Waals surface area (Å²) >= 11 is 0. The maximum absolute atomic E-state index is 15.5. The van der Waals surface area contributed by atoms with Crippen molar-refractivity contribution in [2.24, 2.45) is 11.7 Å². The van der Waals surface area contributed by atoms with Gasteiger partial charge in [0.05, 0.1) is 37.5 Å². The van der Waals surface area contributed by atoms with Crippen molar-refractivity contribution in [2.75, 3.05) is 56.2 Å². The first-order valence-corrected chi connectivity index (χ1v) is 11.7. The van der Waals surface area contributed by atoms with Gasteiger partial charge in [0.15, 0.2) is 11.6 Å². The van der Waals surface area contributed by atoms with Gasteiger partial charge < -0.3 is 25.8 Å². The van der Waals surface area contributed by atoms with Crippen LogP contribution in [-0.4, -0.2) is 77.9 Å². The van der Waals surface area contributed by atoms with Gasteiger partial charge in [0.1, 0.15) is 12.1 Å². The number of carbonyl (C=O) groups is 1. The Balaban J connectivity index is 1.49. The second-order valence-corrected chi connectivity index (χ2v) is 9.08. The molecule has 2 fully saturated rings. The third-order valence-electron chi connectivity index (χ3n) is 6.58. The summed E-state index contributed by atoms with van der Waals surface area (Å²) in [6, 6.07) is 1.29. The van der Waals surface area contributed by atoms with E-state index in [1.165, 1.54) is 4.90 Å². The first-order chi connectivity index (χ1) is 17.5. The van der Waals surface area contributed by atoms with Crippen LogP contribution in [-0.2, 0) is 15.7 Å². The summed E-state index contributed by atoms with van der Waals surface area (Å²) in [4.78, 5) is 22.2. The van der Waals surface area contributed by atoms with E-state index < -0.39 is 41.4 Å². The van der Waals surface area contributed by atoms with Crippen LogP contribution in [0.3, 0.4) is 0 Å². The number of alkyl halides is 3. The third-order valence-corrected chi connectivity index (χ3v) is 6.58. The van der Waals surface area contributed by atoms with Crippen LogP contribution in [0.25, 0.3) is 0 Å². The standard InChI is InChI=1S/C23H27F5N6O3/c24-16-7-14(23(26,27)28)1-2-15(16)17-11-37-6-5-34(17)22-20(25)21(31-12-32-22)30-8-13-3-4-33(9-18(13)35)10-19(29)36/h1-2,7,12-13,17-18,35H,3-6,8-11H2,(H2,29,36)(H,30,31,32)/t13?,17-,18?/m1/s1. The molecule has 37 heavy (non-hydrogen) atoms. The Morgan fingerprint density at radius 2 is 2.03 bits per heavy atom. The minimum Gasteiger partial charge on any atom is -0.391 e. The summed E-state index contributed by atoms with van der Waals surface area (Å²) in [5.74, 6) is -2.91. The summed E-state index contributed by atoms with van der Waals surface area (Å²) in [5, 5.41) is 13.3. The number of aliphatic hydroxyl groups is 1. The number of ether oxygens (including phenoxy) is 1. The Morgan fingerprint density at radius 1 is 1.24 bits per heavy atom. The van der Waals surface area contributed by atoms with Crippen LogP contribution in [0, 0.1) is 17.6 Å². The lowest BCUT2D eigenvalue weighted by molar-refractivity contribution is -0.137. The number of aromatic nitrogens is 2. The fraction of sp³-hybridized carbons (Fsp3) is 0.522. The van der Waals surface area contributed by atoms with Gasteiger partial charge in [-0.15, -0.1) is 0 Å². The van der Waals surface area contributed by atoms with Gasteiger partial charge in [-0.25, -0.2) is 14.4 Å². The fourth-order valence-corrected chi connectivity index (χ4v) is 4.65. The number of rotatable bonds is 7. The Kier molecular flexibility index (Phi) is 8.09. The summed E-state index contributed by atoms with van der Waals surface area (Å²) in [7, 11) is 0.